The average molecular weight is 322 g/mol. The van der Waals surface area contributed by atoms with Crippen LogP contribution in [0.15, 0.2) is 29.3 Å². The third kappa shape index (κ3) is 6.85. The van der Waals surface area contributed by atoms with E-state index in [4.69, 9.17) is 0 Å². The van der Waals surface area contributed by atoms with Crippen LogP contribution >= 0.6 is 11.8 Å². The molecule has 0 aliphatic heterocycles. The summed E-state index contributed by atoms with van der Waals surface area (Å²) in [5.41, 5.74) is 1.72. The lowest BCUT2D eigenvalue weighted by atomic mass is 10.1. The number of guanidine groups is 1. The van der Waals surface area contributed by atoms with Gasteiger partial charge in [-0.05, 0) is 42.5 Å². The van der Waals surface area contributed by atoms with E-state index in [1.54, 1.807) is 20.2 Å². The number of nitrogens with zero attached hydrogens (tertiary/aromatic N) is 1. The van der Waals surface area contributed by atoms with Gasteiger partial charge in [0.15, 0.2) is 5.96 Å². The third-order valence-corrected chi connectivity index (χ3v) is 3.86. The Morgan fingerprint density at radius 1 is 1.27 bits per heavy atom. The number of hydrogen-bond acceptors (Lipinski definition) is 3. The molecule has 0 heterocycles. The van der Waals surface area contributed by atoms with Crippen molar-refractivity contribution >= 4 is 23.6 Å². The molecule has 0 spiro atoms. The van der Waals surface area contributed by atoms with E-state index < -0.39 is 0 Å². The highest BCUT2D eigenvalue weighted by atomic mass is 32.2. The first-order valence-electron chi connectivity index (χ1n) is 7.45. The molecule has 0 saturated carbocycles. The summed E-state index contributed by atoms with van der Waals surface area (Å²) in [7, 11) is 3.40. The molecule has 0 radical (unpaired) electrons. The van der Waals surface area contributed by atoms with E-state index in [1.165, 1.54) is 12.2 Å². The zero-order valence-corrected chi connectivity index (χ0v) is 14.4. The van der Waals surface area contributed by atoms with Crippen molar-refractivity contribution in [3.63, 3.8) is 0 Å². The number of hydrogen-bond donors (Lipinski definition) is 3. The van der Waals surface area contributed by atoms with Gasteiger partial charge in [-0.25, -0.2) is 0 Å². The number of benzene rings is 1. The molecule has 3 N–H and O–H groups in total. The lowest BCUT2D eigenvalue weighted by molar-refractivity contribution is 0.0963. The number of rotatable bonds is 8. The van der Waals surface area contributed by atoms with Gasteiger partial charge in [-0.15, -0.1) is 0 Å². The fraction of sp³-hybridized carbons (Fsp3) is 0.500. The number of unbranched alkanes of at least 4 members (excludes halogenated alkanes) is 1. The second-order valence-electron chi connectivity index (χ2n) is 4.83. The lowest BCUT2D eigenvalue weighted by Gasteiger charge is -2.12. The van der Waals surface area contributed by atoms with Crippen molar-refractivity contribution in [2.45, 2.75) is 19.4 Å². The summed E-state index contributed by atoms with van der Waals surface area (Å²) in [4.78, 5) is 15.8. The maximum atomic E-state index is 11.6. The highest BCUT2D eigenvalue weighted by Gasteiger charge is 2.04. The van der Waals surface area contributed by atoms with Crippen molar-refractivity contribution in [2.24, 2.45) is 4.99 Å². The molecule has 0 aliphatic carbocycles. The number of thioether (sulfide) groups is 1. The molecule has 0 atom stereocenters. The molecule has 0 fully saturated rings. The Morgan fingerprint density at radius 2 is 2.09 bits per heavy atom. The van der Waals surface area contributed by atoms with E-state index in [-0.39, 0.29) is 5.91 Å². The summed E-state index contributed by atoms with van der Waals surface area (Å²) in [6.07, 6.45) is 4.47. The quantitative estimate of drug-likeness (QED) is 0.388. The van der Waals surface area contributed by atoms with Crippen molar-refractivity contribution in [1.82, 2.24) is 16.0 Å². The van der Waals surface area contributed by atoms with Crippen LogP contribution in [-0.2, 0) is 6.54 Å². The number of carbonyl (C=O) groups excluding carboxylic acids is 1. The Bertz CT molecular complexity index is 491. The van der Waals surface area contributed by atoms with E-state index in [0.29, 0.717) is 12.1 Å². The van der Waals surface area contributed by atoms with Gasteiger partial charge >= 0.3 is 0 Å². The Hall–Kier alpha value is -1.69. The van der Waals surface area contributed by atoms with Crippen molar-refractivity contribution < 1.29 is 4.79 Å². The average Bonchev–Trinajstić information content (AvgIpc) is 2.57. The minimum absolute atomic E-state index is 0.0712. The molecule has 1 aromatic carbocycles. The van der Waals surface area contributed by atoms with E-state index in [9.17, 15) is 4.79 Å². The van der Waals surface area contributed by atoms with Gasteiger partial charge in [-0.2, -0.15) is 11.8 Å². The van der Waals surface area contributed by atoms with Crippen LogP contribution in [0.4, 0.5) is 0 Å². The van der Waals surface area contributed by atoms with Crippen molar-refractivity contribution in [1.29, 1.82) is 0 Å². The van der Waals surface area contributed by atoms with Gasteiger partial charge in [0.2, 0.25) is 0 Å². The van der Waals surface area contributed by atoms with Crippen LogP contribution in [0, 0.1) is 0 Å². The monoisotopic (exact) mass is 322 g/mol. The zero-order chi connectivity index (χ0) is 16.2. The summed E-state index contributed by atoms with van der Waals surface area (Å²) in [6.45, 7) is 1.55. The van der Waals surface area contributed by atoms with Crippen molar-refractivity contribution in [3.05, 3.63) is 35.4 Å². The molecule has 0 unspecified atom stereocenters. The molecule has 5 nitrogen and oxygen atoms in total. The van der Waals surface area contributed by atoms with Crippen LogP contribution in [0.25, 0.3) is 0 Å². The fourth-order valence-electron chi connectivity index (χ4n) is 1.95. The van der Waals surface area contributed by atoms with Crippen LogP contribution in [-0.4, -0.2) is 44.5 Å². The smallest absolute Gasteiger partial charge is 0.251 e. The van der Waals surface area contributed by atoms with Gasteiger partial charge in [0.1, 0.15) is 0 Å². The van der Waals surface area contributed by atoms with E-state index >= 15 is 0 Å². The minimum atomic E-state index is -0.0712. The van der Waals surface area contributed by atoms with E-state index in [1.807, 2.05) is 30.0 Å². The first kappa shape index (κ1) is 18.4. The first-order chi connectivity index (χ1) is 10.7. The molecular weight excluding hydrogens is 296 g/mol. The lowest BCUT2D eigenvalue weighted by Crippen LogP contribution is -2.37. The van der Waals surface area contributed by atoms with Crippen molar-refractivity contribution in [2.75, 3.05) is 32.6 Å². The molecule has 1 rings (SSSR count). The number of amides is 1. The topological polar surface area (TPSA) is 65.5 Å². The maximum Gasteiger partial charge on any atom is 0.251 e. The first-order valence-corrected chi connectivity index (χ1v) is 8.85. The molecule has 1 aromatic rings. The van der Waals surface area contributed by atoms with Crippen molar-refractivity contribution in [3.8, 4) is 0 Å². The summed E-state index contributed by atoms with van der Waals surface area (Å²) in [6, 6.07) is 7.57. The maximum absolute atomic E-state index is 11.6. The van der Waals surface area contributed by atoms with Crippen LogP contribution in [0.5, 0.6) is 0 Å². The third-order valence-electron chi connectivity index (χ3n) is 3.17. The second-order valence-corrected chi connectivity index (χ2v) is 5.82. The predicted octanol–water partition coefficient (Wildman–Crippen LogP) is 1.85. The van der Waals surface area contributed by atoms with Crippen LogP contribution in [0.3, 0.4) is 0 Å². The molecule has 0 aliphatic rings. The molecule has 0 aromatic heterocycles. The minimum Gasteiger partial charge on any atom is -0.356 e. The predicted molar refractivity (Wildman–Crippen MR) is 95.6 cm³/mol. The van der Waals surface area contributed by atoms with Crippen LogP contribution in [0.2, 0.25) is 0 Å². The highest BCUT2D eigenvalue weighted by Crippen LogP contribution is 2.05. The largest absolute Gasteiger partial charge is 0.356 e. The fourth-order valence-corrected chi connectivity index (χ4v) is 2.44. The summed E-state index contributed by atoms with van der Waals surface area (Å²) >= 11 is 1.87. The van der Waals surface area contributed by atoms with E-state index in [0.717, 1.165) is 24.5 Å². The zero-order valence-electron chi connectivity index (χ0n) is 13.6. The van der Waals surface area contributed by atoms with E-state index in [2.05, 4.69) is 27.2 Å². The molecule has 1 amide bonds. The van der Waals surface area contributed by atoms with Gasteiger partial charge in [-0.1, -0.05) is 12.1 Å². The number of aliphatic imine (C=N–C) groups is 1. The molecule has 122 valence electrons. The number of carbonyl (C=O) groups is 1. The standard InChI is InChI=1S/C16H26N4OS/c1-17-15(21)14-8-6-7-13(11-14)12-20-16(18-2)19-9-4-5-10-22-3/h6-8,11H,4-5,9-10,12H2,1-3H3,(H,17,21)(H2,18,19,20). The Morgan fingerprint density at radius 3 is 2.77 bits per heavy atom. The van der Waals surface area contributed by atoms with Crippen LogP contribution in [0.1, 0.15) is 28.8 Å². The second kappa shape index (κ2) is 11.0. The van der Waals surface area contributed by atoms with Gasteiger partial charge in [0.25, 0.3) is 5.91 Å². The van der Waals surface area contributed by atoms with Gasteiger partial charge < -0.3 is 16.0 Å². The Kier molecular flexibility index (Phi) is 9.14. The summed E-state index contributed by atoms with van der Waals surface area (Å²) in [5, 5.41) is 9.19. The van der Waals surface area contributed by atoms with Gasteiger partial charge in [0.05, 0.1) is 0 Å². The highest BCUT2D eigenvalue weighted by molar-refractivity contribution is 7.98. The SMILES string of the molecule is CN=C(NCCCCSC)NCc1cccc(C(=O)NC)c1. The Labute approximate surface area is 137 Å². The van der Waals surface area contributed by atoms with Gasteiger partial charge in [0, 0.05) is 32.7 Å². The van der Waals surface area contributed by atoms with Gasteiger partial charge in [-0.3, -0.25) is 9.79 Å². The normalized spacial score (nSPS) is 11.1. The summed E-state index contributed by atoms with van der Waals surface area (Å²) < 4.78 is 0. The number of nitrogens with one attached hydrogen (secondary N) is 3. The molecular formula is C16H26N4OS. The molecule has 6 heteroatoms. The molecule has 22 heavy (non-hydrogen) atoms. The Balaban J connectivity index is 2.41. The van der Waals surface area contributed by atoms with Crippen LogP contribution < -0.4 is 16.0 Å². The summed E-state index contributed by atoms with van der Waals surface area (Å²) in [5.74, 6) is 1.91. The molecule has 0 bridgehead atoms. The molecule has 0 saturated heterocycles.